The Morgan fingerprint density at radius 1 is 0.914 bits per heavy atom. The molecule has 2 aromatic carbocycles. The van der Waals surface area contributed by atoms with Gasteiger partial charge in [0, 0.05) is 30.9 Å². The predicted molar refractivity (Wildman–Crippen MR) is 134 cm³/mol. The van der Waals surface area contributed by atoms with E-state index in [2.05, 4.69) is 15.6 Å². The highest BCUT2D eigenvalue weighted by molar-refractivity contribution is 6.31. The molecule has 0 aliphatic heterocycles. The van der Waals surface area contributed by atoms with Gasteiger partial charge in [-0.05, 0) is 60.9 Å². The lowest BCUT2D eigenvalue weighted by molar-refractivity contribution is 0.0594. The molecular weight excluding hydrogens is 491 g/mol. The van der Waals surface area contributed by atoms with Gasteiger partial charge in [-0.1, -0.05) is 35.3 Å². The Hall–Kier alpha value is -3.62. The van der Waals surface area contributed by atoms with Crippen molar-refractivity contribution >= 4 is 52.6 Å². The van der Waals surface area contributed by atoms with E-state index < -0.39 is 23.5 Å². The molecule has 8 nitrogen and oxygen atoms in total. The number of amides is 3. The smallest absolute Gasteiger partial charge is 0.410 e. The summed E-state index contributed by atoms with van der Waals surface area (Å²) in [4.78, 5) is 43.2. The number of halogens is 2. The van der Waals surface area contributed by atoms with Crippen molar-refractivity contribution in [3.63, 3.8) is 0 Å². The van der Waals surface area contributed by atoms with E-state index in [4.69, 9.17) is 27.9 Å². The Kier molecular flexibility index (Phi) is 6.95. The highest BCUT2D eigenvalue weighted by Gasteiger charge is 2.49. The van der Waals surface area contributed by atoms with Crippen LogP contribution in [0.5, 0.6) is 0 Å². The molecule has 0 atom stereocenters. The minimum absolute atomic E-state index is 0.173. The number of aromatic nitrogens is 1. The van der Waals surface area contributed by atoms with Crippen LogP contribution in [-0.4, -0.2) is 41.9 Å². The quantitative estimate of drug-likeness (QED) is 0.448. The van der Waals surface area contributed by atoms with Crippen LogP contribution in [0.15, 0.2) is 60.8 Å². The first-order valence-corrected chi connectivity index (χ1v) is 11.5. The van der Waals surface area contributed by atoms with Gasteiger partial charge in [0.2, 0.25) is 0 Å². The lowest BCUT2D eigenvalue weighted by Gasteiger charge is -2.20. The molecule has 1 aliphatic carbocycles. The normalized spacial score (nSPS) is 13.5. The number of benzene rings is 2. The first kappa shape index (κ1) is 24.5. The Morgan fingerprint density at radius 3 is 2.20 bits per heavy atom. The average Bonchev–Trinajstić information content (AvgIpc) is 3.62. The third-order valence-corrected chi connectivity index (χ3v) is 5.93. The number of anilines is 2. The Labute approximate surface area is 212 Å². The van der Waals surface area contributed by atoms with E-state index in [1.54, 1.807) is 62.6 Å². The summed E-state index contributed by atoms with van der Waals surface area (Å²) in [5, 5.41) is 6.19. The molecule has 2 N–H and O–H groups in total. The van der Waals surface area contributed by atoms with Crippen molar-refractivity contribution < 1.29 is 19.1 Å². The van der Waals surface area contributed by atoms with Gasteiger partial charge in [0.05, 0.1) is 16.3 Å². The average molecular weight is 513 g/mol. The number of carbonyl (C=O) groups is 3. The van der Waals surface area contributed by atoms with Gasteiger partial charge in [0.15, 0.2) is 0 Å². The molecule has 3 aromatic rings. The van der Waals surface area contributed by atoms with Crippen LogP contribution >= 0.6 is 23.2 Å². The number of rotatable bonds is 6. The molecular formula is C25H22Cl2N4O4. The maximum atomic E-state index is 12.9. The molecule has 0 radical (unpaired) electrons. The van der Waals surface area contributed by atoms with Gasteiger partial charge in [0.25, 0.3) is 11.8 Å². The third kappa shape index (κ3) is 5.72. The SMILES string of the molecule is CN(C)C(=O)OC1(c2ccc(C(=O)Nc3ccc(Cl)cc3C(=O)Nc3ccc(Cl)cn3)cc2)CC1. The van der Waals surface area contributed by atoms with Crippen molar-refractivity contribution in [1.29, 1.82) is 0 Å². The van der Waals surface area contributed by atoms with E-state index in [0.717, 1.165) is 18.4 Å². The van der Waals surface area contributed by atoms with Gasteiger partial charge in [-0.2, -0.15) is 0 Å². The van der Waals surface area contributed by atoms with Crippen LogP contribution < -0.4 is 10.6 Å². The summed E-state index contributed by atoms with van der Waals surface area (Å²) in [5.74, 6) is -0.602. The van der Waals surface area contributed by atoms with Crippen LogP contribution in [0.3, 0.4) is 0 Å². The van der Waals surface area contributed by atoms with Crippen LogP contribution in [0.4, 0.5) is 16.3 Å². The van der Waals surface area contributed by atoms with Crippen LogP contribution in [0.2, 0.25) is 10.0 Å². The molecule has 4 rings (SSSR count). The molecule has 0 bridgehead atoms. The van der Waals surface area contributed by atoms with Crippen molar-refractivity contribution in [3.8, 4) is 0 Å². The number of carbonyl (C=O) groups excluding carboxylic acids is 3. The zero-order valence-corrected chi connectivity index (χ0v) is 20.5. The highest BCUT2D eigenvalue weighted by Crippen LogP contribution is 2.49. The summed E-state index contributed by atoms with van der Waals surface area (Å²) in [7, 11) is 3.26. The second-order valence-electron chi connectivity index (χ2n) is 8.29. The molecule has 1 saturated carbocycles. The number of hydrogen-bond acceptors (Lipinski definition) is 5. The van der Waals surface area contributed by atoms with E-state index in [9.17, 15) is 14.4 Å². The summed E-state index contributed by atoms with van der Waals surface area (Å²) >= 11 is 11.9. The van der Waals surface area contributed by atoms with Gasteiger partial charge in [0.1, 0.15) is 11.4 Å². The van der Waals surface area contributed by atoms with Gasteiger partial charge < -0.3 is 20.3 Å². The van der Waals surface area contributed by atoms with Gasteiger partial charge in [-0.25, -0.2) is 9.78 Å². The largest absolute Gasteiger partial charge is 0.438 e. The summed E-state index contributed by atoms with van der Waals surface area (Å²) in [5.41, 5.74) is 1.02. The fourth-order valence-electron chi connectivity index (χ4n) is 3.39. The molecule has 180 valence electrons. The number of ether oxygens (including phenoxy) is 1. The first-order valence-electron chi connectivity index (χ1n) is 10.7. The molecule has 1 aliphatic rings. The number of hydrogen-bond donors (Lipinski definition) is 2. The fraction of sp³-hybridized carbons (Fsp3) is 0.200. The van der Waals surface area contributed by atoms with Gasteiger partial charge in [-0.15, -0.1) is 0 Å². The molecule has 3 amide bonds. The fourth-order valence-corrected chi connectivity index (χ4v) is 3.67. The molecule has 0 unspecified atom stereocenters. The maximum absolute atomic E-state index is 12.9. The van der Waals surface area contributed by atoms with Crippen molar-refractivity contribution in [2.24, 2.45) is 0 Å². The topological polar surface area (TPSA) is 101 Å². The molecule has 0 spiro atoms. The zero-order chi connectivity index (χ0) is 25.2. The summed E-state index contributed by atoms with van der Waals surface area (Å²) < 4.78 is 5.62. The van der Waals surface area contributed by atoms with Crippen molar-refractivity contribution in [2.75, 3.05) is 24.7 Å². The van der Waals surface area contributed by atoms with Crippen molar-refractivity contribution in [3.05, 3.63) is 87.5 Å². The molecule has 1 aromatic heterocycles. The zero-order valence-electron chi connectivity index (χ0n) is 19.0. The molecule has 10 heteroatoms. The van der Waals surface area contributed by atoms with E-state index in [1.165, 1.54) is 17.2 Å². The Bertz CT molecular complexity index is 1270. The van der Waals surface area contributed by atoms with Crippen LogP contribution in [0.25, 0.3) is 0 Å². The number of nitrogens with zero attached hydrogens (tertiary/aromatic N) is 2. The minimum atomic E-state index is -0.645. The first-order chi connectivity index (χ1) is 16.7. The monoisotopic (exact) mass is 512 g/mol. The lowest BCUT2D eigenvalue weighted by Crippen LogP contribution is -2.28. The lowest BCUT2D eigenvalue weighted by atomic mass is 10.0. The van der Waals surface area contributed by atoms with E-state index in [-0.39, 0.29) is 11.3 Å². The van der Waals surface area contributed by atoms with Gasteiger partial charge in [-0.3, -0.25) is 9.59 Å². The second-order valence-corrected chi connectivity index (χ2v) is 9.17. The van der Waals surface area contributed by atoms with Crippen LogP contribution in [0, 0.1) is 0 Å². The number of nitrogens with one attached hydrogen (secondary N) is 2. The molecule has 1 heterocycles. The van der Waals surface area contributed by atoms with E-state index in [0.29, 0.717) is 21.4 Å². The van der Waals surface area contributed by atoms with Gasteiger partial charge >= 0.3 is 6.09 Å². The molecule has 35 heavy (non-hydrogen) atoms. The summed E-state index contributed by atoms with van der Waals surface area (Å²) in [6, 6.07) is 14.6. The van der Waals surface area contributed by atoms with Crippen molar-refractivity contribution in [2.45, 2.75) is 18.4 Å². The summed E-state index contributed by atoms with van der Waals surface area (Å²) in [6.45, 7) is 0. The Morgan fingerprint density at radius 2 is 1.60 bits per heavy atom. The van der Waals surface area contributed by atoms with Crippen LogP contribution in [-0.2, 0) is 10.3 Å². The second kappa shape index (κ2) is 9.93. The minimum Gasteiger partial charge on any atom is -0.438 e. The van der Waals surface area contributed by atoms with E-state index in [1.807, 2.05) is 0 Å². The third-order valence-electron chi connectivity index (χ3n) is 5.47. The van der Waals surface area contributed by atoms with E-state index >= 15 is 0 Å². The van der Waals surface area contributed by atoms with Crippen molar-refractivity contribution in [1.82, 2.24) is 9.88 Å². The Balaban J connectivity index is 1.49. The summed E-state index contributed by atoms with van der Waals surface area (Å²) in [6.07, 6.45) is 2.45. The predicted octanol–water partition coefficient (Wildman–Crippen LogP) is 5.58. The standard InChI is InChI=1S/C25H22Cl2N4O4/c1-31(2)24(34)35-25(11-12-25)16-5-3-15(4-6-16)22(32)29-20-9-7-17(26)13-19(20)23(33)30-21-10-8-18(27)14-28-21/h3-10,13-14H,11-12H2,1-2H3,(H,29,32)(H,28,30,33). The number of pyridine rings is 1. The molecule has 0 saturated heterocycles. The molecule has 1 fully saturated rings. The van der Waals surface area contributed by atoms with Crippen LogP contribution in [0.1, 0.15) is 39.1 Å². The highest BCUT2D eigenvalue weighted by atomic mass is 35.5. The maximum Gasteiger partial charge on any atom is 0.410 e.